The third kappa shape index (κ3) is 6.72. The fourth-order valence-electron chi connectivity index (χ4n) is 4.11. The van der Waals surface area contributed by atoms with Crippen LogP contribution in [0.1, 0.15) is 12.0 Å². The lowest BCUT2D eigenvalue weighted by Gasteiger charge is -2.29. The van der Waals surface area contributed by atoms with E-state index < -0.39 is 0 Å². The van der Waals surface area contributed by atoms with Crippen LogP contribution >= 0.6 is 12.2 Å². The van der Waals surface area contributed by atoms with Gasteiger partial charge < -0.3 is 29.4 Å². The van der Waals surface area contributed by atoms with E-state index in [1.807, 2.05) is 48.5 Å². The molecule has 0 bridgehead atoms. The summed E-state index contributed by atoms with van der Waals surface area (Å²) in [5.74, 6) is 1.48. The summed E-state index contributed by atoms with van der Waals surface area (Å²) in [6.45, 7) is 5.53. The summed E-state index contributed by atoms with van der Waals surface area (Å²) in [7, 11) is 3.25. The van der Waals surface area contributed by atoms with E-state index in [1.165, 1.54) is 0 Å². The largest absolute Gasteiger partial charge is 0.497 e. The van der Waals surface area contributed by atoms with Gasteiger partial charge in [0.15, 0.2) is 5.11 Å². The van der Waals surface area contributed by atoms with Gasteiger partial charge in [0.1, 0.15) is 11.5 Å². The second-order valence-electron chi connectivity index (χ2n) is 8.46. The quantitative estimate of drug-likeness (QED) is 0.436. The third-order valence-corrected chi connectivity index (χ3v) is 6.49. The number of anilines is 1. The van der Waals surface area contributed by atoms with Crippen molar-refractivity contribution in [3.63, 3.8) is 0 Å². The van der Waals surface area contributed by atoms with E-state index >= 15 is 0 Å². The number of fused-ring (bicyclic) bond motifs is 1. The lowest BCUT2D eigenvalue weighted by Crippen LogP contribution is -2.40. The van der Waals surface area contributed by atoms with Gasteiger partial charge in [-0.15, -0.1) is 0 Å². The maximum Gasteiger partial charge on any atom is 0.253 e. The minimum absolute atomic E-state index is 0.129. The Morgan fingerprint density at radius 1 is 1.09 bits per heavy atom. The molecule has 2 heterocycles. The molecule has 0 aliphatic carbocycles. The second kappa shape index (κ2) is 12.0. The second-order valence-corrected chi connectivity index (χ2v) is 8.85. The van der Waals surface area contributed by atoms with Crippen LogP contribution in [0.15, 0.2) is 53.3 Å². The molecule has 1 aliphatic heterocycles. The van der Waals surface area contributed by atoms with Crippen molar-refractivity contribution in [3.05, 3.63) is 64.4 Å². The average molecular weight is 497 g/mol. The summed E-state index contributed by atoms with van der Waals surface area (Å²) in [6.07, 6.45) is 0.924. The monoisotopic (exact) mass is 496 g/mol. The zero-order valence-electron chi connectivity index (χ0n) is 20.2. The fraction of sp³-hybridized carbons (Fsp3) is 0.385. The molecule has 0 atom stereocenters. The first kappa shape index (κ1) is 25.0. The number of ether oxygens (including phenoxy) is 3. The van der Waals surface area contributed by atoms with Crippen molar-refractivity contribution in [2.24, 2.45) is 0 Å². The van der Waals surface area contributed by atoms with Gasteiger partial charge in [0.05, 0.1) is 39.5 Å². The standard InChI is InChI=1S/C26H32N4O4S/c1-32-22-8-5-21(6-9-22)27-26(35)30(11-3-10-29-12-14-34-15-13-29)18-20-16-19-4-7-23(33-2)17-24(19)28-25(20)31/h4-9,16-17H,3,10-15,18H2,1-2H3,(H,27,35)(H,28,31). The molecule has 1 fully saturated rings. The van der Waals surface area contributed by atoms with E-state index in [9.17, 15) is 4.79 Å². The molecule has 0 radical (unpaired) electrons. The average Bonchev–Trinajstić information content (AvgIpc) is 2.89. The van der Waals surface area contributed by atoms with Crippen LogP contribution in [0.4, 0.5) is 5.69 Å². The molecule has 2 aromatic carbocycles. The number of nitrogens with zero attached hydrogens (tertiary/aromatic N) is 2. The number of H-pyrrole nitrogens is 1. The number of hydrogen-bond donors (Lipinski definition) is 2. The minimum Gasteiger partial charge on any atom is -0.497 e. The molecule has 4 rings (SSSR count). The molecule has 0 amide bonds. The van der Waals surface area contributed by atoms with E-state index in [0.29, 0.717) is 23.0 Å². The van der Waals surface area contributed by atoms with Gasteiger partial charge in [-0.05, 0) is 66.5 Å². The Morgan fingerprint density at radius 2 is 1.80 bits per heavy atom. The number of rotatable bonds is 9. The topological polar surface area (TPSA) is 79.1 Å². The number of aromatic nitrogens is 1. The Bertz CT molecular complexity index is 1190. The zero-order chi connectivity index (χ0) is 24.6. The van der Waals surface area contributed by atoms with Crippen molar-refractivity contribution in [1.82, 2.24) is 14.8 Å². The predicted octanol–water partition coefficient (Wildman–Crippen LogP) is 3.47. The van der Waals surface area contributed by atoms with Gasteiger partial charge in [0.25, 0.3) is 5.56 Å². The van der Waals surface area contributed by atoms with Crippen molar-refractivity contribution in [2.75, 3.05) is 58.9 Å². The van der Waals surface area contributed by atoms with Gasteiger partial charge in [-0.1, -0.05) is 0 Å². The number of aromatic amines is 1. The van der Waals surface area contributed by atoms with Crippen LogP contribution in [0.5, 0.6) is 11.5 Å². The van der Waals surface area contributed by atoms with Gasteiger partial charge in [0.2, 0.25) is 0 Å². The summed E-state index contributed by atoms with van der Waals surface area (Å²) in [6, 6.07) is 15.2. The van der Waals surface area contributed by atoms with Crippen molar-refractivity contribution in [2.45, 2.75) is 13.0 Å². The number of thiocarbonyl (C=S) groups is 1. The Morgan fingerprint density at radius 3 is 2.51 bits per heavy atom. The molecule has 186 valence electrons. The number of benzene rings is 2. The number of pyridine rings is 1. The maximum atomic E-state index is 12.9. The van der Waals surface area contributed by atoms with Gasteiger partial charge in [-0.25, -0.2) is 0 Å². The SMILES string of the molecule is COc1ccc(NC(=S)N(CCCN2CCOCC2)Cc2cc3ccc(OC)cc3[nH]c2=O)cc1. The Kier molecular flexibility index (Phi) is 8.57. The van der Waals surface area contributed by atoms with E-state index in [4.69, 9.17) is 26.4 Å². The third-order valence-electron chi connectivity index (χ3n) is 6.13. The van der Waals surface area contributed by atoms with Gasteiger partial charge in [0, 0.05) is 43.5 Å². The molecule has 3 aromatic rings. The summed E-state index contributed by atoms with van der Waals surface area (Å²) in [4.78, 5) is 20.4. The maximum absolute atomic E-state index is 12.9. The highest BCUT2D eigenvalue weighted by molar-refractivity contribution is 7.80. The molecule has 2 N–H and O–H groups in total. The van der Waals surface area contributed by atoms with Crippen LogP contribution in [0.3, 0.4) is 0 Å². The van der Waals surface area contributed by atoms with Crippen molar-refractivity contribution in [3.8, 4) is 11.5 Å². The molecule has 8 nitrogen and oxygen atoms in total. The summed E-state index contributed by atoms with van der Waals surface area (Å²) in [5.41, 5.74) is 2.15. The highest BCUT2D eigenvalue weighted by atomic mass is 32.1. The zero-order valence-corrected chi connectivity index (χ0v) is 21.0. The van der Waals surface area contributed by atoms with Crippen molar-refractivity contribution < 1.29 is 14.2 Å². The van der Waals surface area contributed by atoms with Crippen molar-refractivity contribution in [1.29, 1.82) is 0 Å². The summed E-state index contributed by atoms with van der Waals surface area (Å²) >= 11 is 5.78. The summed E-state index contributed by atoms with van der Waals surface area (Å²) < 4.78 is 16.0. The molecule has 0 unspecified atom stereocenters. The highest BCUT2D eigenvalue weighted by Crippen LogP contribution is 2.20. The Hall–Kier alpha value is -3.14. The predicted molar refractivity (Wildman–Crippen MR) is 143 cm³/mol. The van der Waals surface area contributed by atoms with Crippen LogP contribution in [0.2, 0.25) is 0 Å². The van der Waals surface area contributed by atoms with E-state index in [-0.39, 0.29) is 5.56 Å². The van der Waals surface area contributed by atoms with Gasteiger partial charge in [-0.3, -0.25) is 9.69 Å². The molecule has 0 spiro atoms. The molecule has 35 heavy (non-hydrogen) atoms. The number of nitrogens with one attached hydrogen (secondary N) is 2. The lowest BCUT2D eigenvalue weighted by atomic mass is 10.1. The number of hydrogen-bond acceptors (Lipinski definition) is 6. The molecule has 0 saturated carbocycles. The van der Waals surface area contributed by atoms with Crippen LogP contribution in [-0.4, -0.2) is 73.5 Å². The molecule has 9 heteroatoms. The van der Waals surface area contributed by atoms with Gasteiger partial charge in [-0.2, -0.15) is 0 Å². The van der Waals surface area contributed by atoms with E-state index in [0.717, 1.165) is 68.2 Å². The van der Waals surface area contributed by atoms with Crippen LogP contribution in [0, 0.1) is 0 Å². The Balaban J connectivity index is 1.50. The molecule has 1 aromatic heterocycles. The normalized spacial score (nSPS) is 14.0. The first-order chi connectivity index (χ1) is 17.1. The molecule has 1 aliphatic rings. The first-order valence-corrected chi connectivity index (χ1v) is 12.2. The Labute approximate surface area is 210 Å². The van der Waals surface area contributed by atoms with Crippen LogP contribution in [0.25, 0.3) is 10.9 Å². The fourth-order valence-corrected chi connectivity index (χ4v) is 4.39. The molecular formula is C26H32N4O4S. The molecular weight excluding hydrogens is 464 g/mol. The van der Waals surface area contributed by atoms with Crippen LogP contribution < -0.4 is 20.3 Å². The lowest BCUT2D eigenvalue weighted by molar-refractivity contribution is 0.0367. The highest BCUT2D eigenvalue weighted by Gasteiger charge is 2.16. The smallest absolute Gasteiger partial charge is 0.253 e. The van der Waals surface area contributed by atoms with E-state index in [1.54, 1.807) is 14.2 Å². The van der Waals surface area contributed by atoms with Crippen molar-refractivity contribution >= 4 is 33.9 Å². The summed E-state index contributed by atoms with van der Waals surface area (Å²) in [5, 5.41) is 4.84. The first-order valence-electron chi connectivity index (χ1n) is 11.8. The minimum atomic E-state index is -0.129. The molecule has 1 saturated heterocycles. The van der Waals surface area contributed by atoms with Gasteiger partial charge >= 0.3 is 0 Å². The van der Waals surface area contributed by atoms with E-state index in [2.05, 4.69) is 20.1 Å². The number of methoxy groups -OCH3 is 2. The van der Waals surface area contributed by atoms with Crippen LogP contribution in [-0.2, 0) is 11.3 Å². The number of morpholine rings is 1.